The first kappa shape index (κ1) is 23.6. The van der Waals surface area contributed by atoms with Crippen LogP contribution in [0.1, 0.15) is 40.0 Å². The molecule has 0 bridgehead atoms. The van der Waals surface area contributed by atoms with Crippen molar-refractivity contribution < 1.29 is 23.1 Å². The van der Waals surface area contributed by atoms with Crippen LogP contribution in [0.2, 0.25) is 0 Å². The first-order valence-corrected chi connectivity index (χ1v) is 9.92. The molecular weight excluding hydrogens is 356 g/mol. The van der Waals surface area contributed by atoms with E-state index in [-0.39, 0.29) is 36.9 Å². The number of hydrogen-bond donors (Lipinski definition) is 1. The monoisotopic (exact) mass is 386 g/mol. The molecule has 0 aromatic rings. The van der Waals surface area contributed by atoms with E-state index in [4.69, 9.17) is 9.84 Å². The van der Waals surface area contributed by atoms with E-state index in [0.29, 0.717) is 39.1 Å². The van der Waals surface area contributed by atoms with E-state index >= 15 is 0 Å². The highest BCUT2D eigenvalue weighted by atomic mass is 35.5. The molecule has 0 atom stereocenters. The van der Waals surface area contributed by atoms with Crippen LogP contribution in [-0.4, -0.2) is 79.4 Å². The van der Waals surface area contributed by atoms with Gasteiger partial charge >= 0.3 is 5.97 Å². The summed E-state index contributed by atoms with van der Waals surface area (Å²) in [4.78, 5) is 13.0. The van der Waals surface area contributed by atoms with Gasteiger partial charge in [-0.05, 0) is 40.0 Å². The maximum absolute atomic E-state index is 11.9. The molecule has 0 aromatic carbocycles. The zero-order chi connectivity index (χ0) is 17.5. The van der Waals surface area contributed by atoms with E-state index in [9.17, 15) is 13.2 Å². The highest BCUT2D eigenvalue weighted by molar-refractivity contribution is 7.89. The van der Waals surface area contributed by atoms with Gasteiger partial charge in [-0.3, -0.25) is 9.69 Å². The molecule has 0 radical (unpaired) electrons. The lowest BCUT2D eigenvalue weighted by Crippen LogP contribution is -2.48. The van der Waals surface area contributed by atoms with Crippen LogP contribution in [0.15, 0.2) is 0 Å². The molecule has 0 aromatic heterocycles. The van der Waals surface area contributed by atoms with Crippen molar-refractivity contribution >= 4 is 28.4 Å². The molecule has 1 aliphatic rings. The Bertz CT molecular complexity index is 464. The summed E-state index contributed by atoms with van der Waals surface area (Å²) in [5.41, 5.74) is 0. The summed E-state index contributed by atoms with van der Waals surface area (Å²) in [7, 11) is -3.15. The summed E-state index contributed by atoms with van der Waals surface area (Å²) < 4.78 is 30.8. The predicted octanol–water partition coefficient (Wildman–Crippen LogP) is 1.42. The zero-order valence-corrected chi connectivity index (χ0v) is 16.4. The van der Waals surface area contributed by atoms with Crippen molar-refractivity contribution in [1.82, 2.24) is 9.21 Å². The molecule has 1 rings (SSSR count). The van der Waals surface area contributed by atoms with Gasteiger partial charge in [0, 0.05) is 32.3 Å². The zero-order valence-electron chi connectivity index (χ0n) is 14.8. The van der Waals surface area contributed by atoms with Crippen molar-refractivity contribution in [2.45, 2.75) is 52.2 Å². The summed E-state index contributed by atoms with van der Waals surface area (Å²) in [5, 5.41) is 9.10. The number of hydrogen-bond acceptors (Lipinski definition) is 5. The number of nitrogens with zero attached hydrogens (tertiary/aromatic N) is 2. The largest absolute Gasteiger partial charge is 0.480 e. The third-order valence-electron chi connectivity index (χ3n) is 4.08. The van der Waals surface area contributed by atoms with Crippen molar-refractivity contribution in [3.63, 3.8) is 0 Å². The second kappa shape index (κ2) is 11.3. The van der Waals surface area contributed by atoms with Crippen LogP contribution < -0.4 is 0 Å². The number of rotatable bonds is 10. The first-order valence-electron chi connectivity index (χ1n) is 8.31. The van der Waals surface area contributed by atoms with Gasteiger partial charge in [0.2, 0.25) is 10.0 Å². The first-order chi connectivity index (χ1) is 10.8. The van der Waals surface area contributed by atoms with E-state index in [2.05, 4.69) is 0 Å². The average Bonchev–Trinajstić information content (AvgIpc) is 2.50. The van der Waals surface area contributed by atoms with Gasteiger partial charge in [0.05, 0.1) is 18.4 Å². The molecule has 0 unspecified atom stereocenters. The molecule has 0 amide bonds. The molecule has 9 heteroatoms. The summed E-state index contributed by atoms with van der Waals surface area (Å²) >= 11 is 0. The van der Waals surface area contributed by atoms with Crippen molar-refractivity contribution in [2.24, 2.45) is 0 Å². The quantitative estimate of drug-likeness (QED) is 0.571. The third kappa shape index (κ3) is 8.11. The lowest BCUT2D eigenvalue weighted by molar-refractivity contribution is -0.139. The van der Waals surface area contributed by atoms with Gasteiger partial charge in [-0.2, -0.15) is 0 Å². The minimum absolute atomic E-state index is 0. The molecule has 1 N–H and O–H groups in total. The Morgan fingerprint density at radius 1 is 1.33 bits per heavy atom. The van der Waals surface area contributed by atoms with E-state index in [1.54, 1.807) is 6.92 Å². The second-order valence-electron chi connectivity index (χ2n) is 6.17. The van der Waals surface area contributed by atoms with Crippen LogP contribution in [0.5, 0.6) is 0 Å². The lowest BCUT2D eigenvalue weighted by atomic mass is 10.0. The predicted molar refractivity (Wildman–Crippen MR) is 96.2 cm³/mol. The Morgan fingerprint density at radius 2 is 1.92 bits per heavy atom. The second-order valence-corrected chi connectivity index (χ2v) is 8.43. The molecule has 0 spiro atoms. The summed E-state index contributed by atoms with van der Waals surface area (Å²) in [5.74, 6) is -0.735. The van der Waals surface area contributed by atoms with Crippen molar-refractivity contribution in [3.8, 4) is 0 Å². The molecule has 7 nitrogen and oxygen atoms in total. The van der Waals surface area contributed by atoms with Crippen LogP contribution in [0.3, 0.4) is 0 Å². The smallest absolute Gasteiger partial charge is 0.317 e. The van der Waals surface area contributed by atoms with Crippen molar-refractivity contribution in [2.75, 3.05) is 38.5 Å². The van der Waals surface area contributed by atoms with Gasteiger partial charge in [0.25, 0.3) is 0 Å². The minimum atomic E-state index is -3.15. The molecule has 144 valence electrons. The fourth-order valence-electron chi connectivity index (χ4n) is 2.82. The van der Waals surface area contributed by atoms with Crippen molar-refractivity contribution in [1.29, 1.82) is 0 Å². The maximum atomic E-state index is 11.9. The molecule has 0 saturated carbocycles. The van der Waals surface area contributed by atoms with Crippen LogP contribution in [0.25, 0.3) is 0 Å². The molecule has 1 heterocycles. The highest BCUT2D eigenvalue weighted by Gasteiger charge is 2.30. The van der Waals surface area contributed by atoms with Gasteiger partial charge in [-0.25, -0.2) is 12.7 Å². The van der Waals surface area contributed by atoms with Crippen LogP contribution in [0.4, 0.5) is 0 Å². The summed E-state index contributed by atoms with van der Waals surface area (Å²) in [6.07, 6.45) is 2.30. The van der Waals surface area contributed by atoms with Crippen molar-refractivity contribution in [3.05, 3.63) is 0 Å². The van der Waals surface area contributed by atoms with E-state index in [0.717, 1.165) is 6.42 Å². The number of carbonyl (C=O) groups is 1. The average molecular weight is 387 g/mol. The van der Waals surface area contributed by atoms with Crippen LogP contribution in [0, 0.1) is 0 Å². The SMILES string of the molecule is CCS(=O)(=O)N1CCC(N(CCCOC(C)C)CC(=O)O)CC1.Cl. The van der Waals surface area contributed by atoms with Gasteiger partial charge in [0.15, 0.2) is 0 Å². The number of halogens is 1. The standard InChI is InChI=1S/C15H30N2O5S.ClH/c1-4-23(20,21)17-9-6-14(7-10-17)16(12-15(18)19)8-5-11-22-13(2)3;/h13-14H,4-12H2,1-3H3,(H,18,19);1H. The number of piperidine rings is 1. The molecule has 1 fully saturated rings. The number of aliphatic carboxylic acids is 1. The highest BCUT2D eigenvalue weighted by Crippen LogP contribution is 2.19. The van der Waals surface area contributed by atoms with Crippen LogP contribution >= 0.6 is 12.4 Å². The topological polar surface area (TPSA) is 87.2 Å². The van der Waals surface area contributed by atoms with Crippen LogP contribution in [-0.2, 0) is 19.6 Å². The Morgan fingerprint density at radius 3 is 2.38 bits per heavy atom. The Kier molecular flexibility index (Phi) is 11.1. The molecular formula is C15H31ClN2O5S. The number of carboxylic acid groups (broad SMARTS) is 1. The summed E-state index contributed by atoms with van der Waals surface area (Å²) in [6, 6.07) is 0.119. The Balaban J connectivity index is 0.00000529. The van der Waals surface area contributed by atoms with Gasteiger partial charge in [0.1, 0.15) is 0 Å². The number of ether oxygens (including phenoxy) is 1. The molecule has 1 aliphatic heterocycles. The number of sulfonamides is 1. The normalized spacial score (nSPS) is 17.2. The molecule has 1 saturated heterocycles. The van der Waals surface area contributed by atoms with E-state index < -0.39 is 16.0 Å². The maximum Gasteiger partial charge on any atom is 0.317 e. The Hall–Kier alpha value is -0.410. The van der Waals surface area contributed by atoms with E-state index in [1.807, 2.05) is 18.7 Å². The molecule has 0 aliphatic carbocycles. The Labute approximate surface area is 151 Å². The van der Waals surface area contributed by atoms with Gasteiger partial charge in [-0.1, -0.05) is 0 Å². The minimum Gasteiger partial charge on any atom is -0.480 e. The fourth-order valence-corrected chi connectivity index (χ4v) is 3.95. The fraction of sp³-hybridized carbons (Fsp3) is 0.933. The lowest BCUT2D eigenvalue weighted by Gasteiger charge is -2.37. The number of carboxylic acids is 1. The molecule has 24 heavy (non-hydrogen) atoms. The van der Waals surface area contributed by atoms with Gasteiger partial charge in [-0.15, -0.1) is 12.4 Å². The van der Waals surface area contributed by atoms with Gasteiger partial charge < -0.3 is 9.84 Å². The van der Waals surface area contributed by atoms with E-state index in [1.165, 1.54) is 4.31 Å². The third-order valence-corrected chi connectivity index (χ3v) is 5.96. The summed E-state index contributed by atoms with van der Waals surface area (Å²) in [6.45, 7) is 7.79.